The number of nitrogens with zero attached hydrogens (tertiary/aromatic N) is 4. The molecule has 2 amide bonds. The molecule has 1 fully saturated rings. The van der Waals surface area contributed by atoms with Gasteiger partial charge in [0.15, 0.2) is 11.4 Å². The molecule has 168 valence electrons. The number of rotatable bonds is 5. The van der Waals surface area contributed by atoms with E-state index in [2.05, 4.69) is 15.4 Å². The summed E-state index contributed by atoms with van der Waals surface area (Å²) in [6.45, 7) is 2.50. The molecule has 0 spiro atoms. The number of nitrogens with one attached hydrogen (secondary N) is 1. The number of ether oxygens (including phenoxy) is 1. The quantitative estimate of drug-likeness (QED) is 0.499. The zero-order chi connectivity index (χ0) is 23.1. The SMILES string of the molecule is COc1cc(NC(=O)c2cc(-c3ccco3)nc3c2c(C)nn3C)ccc1N1CCCC1=O. The highest BCUT2D eigenvalue weighted by Gasteiger charge is 2.25. The minimum atomic E-state index is -0.307. The number of furan rings is 1. The minimum absolute atomic E-state index is 0.0711. The first-order valence-electron chi connectivity index (χ1n) is 10.6. The van der Waals surface area contributed by atoms with Crippen LogP contribution in [0.25, 0.3) is 22.5 Å². The van der Waals surface area contributed by atoms with Crippen molar-refractivity contribution < 1.29 is 18.7 Å². The maximum atomic E-state index is 13.4. The molecule has 4 heterocycles. The number of benzene rings is 1. The Morgan fingerprint density at radius 1 is 1.24 bits per heavy atom. The molecule has 0 atom stereocenters. The summed E-state index contributed by atoms with van der Waals surface area (Å²) in [6, 6.07) is 10.6. The standard InChI is InChI=1S/C24H23N5O4/c1-14-22-16(13-17(19-6-5-11-33-19)26-23(22)28(2)27-14)24(31)25-15-8-9-18(20(12-15)32-3)29-10-4-7-21(29)30/h5-6,8-9,11-13H,4,7,10H2,1-3H3,(H,25,31). The van der Waals surface area contributed by atoms with Gasteiger partial charge in [-0.1, -0.05) is 0 Å². The highest BCUT2D eigenvalue weighted by Crippen LogP contribution is 2.34. The van der Waals surface area contributed by atoms with Gasteiger partial charge in [0.25, 0.3) is 5.91 Å². The van der Waals surface area contributed by atoms with Crippen molar-refractivity contribution >= 4 is 34.2 Å². The van der Waals surface area contributed by atoms with E-state index < -0.39 is 0 Å². The molecule has 5 rings (SSSR count). The van der Waals surface area contributed by atoms with Gasteiger partial charge < -0.3 is 19.4 Å². The molecular formula is C24H23N5O4. The zero-order valence-corrected chi connectivity index (χ0v) is 18.6. The molecule has 4 aromatic rings. The topological polar surface area (TPSA) is 102 Å². The van der Waals surface area contributed by atoms with E-state index in [0.29, 0.717) is 63.8 Å². The maximum absolute atomic E-state index is 13.4. The summed E-state index contributed by atoms with van der Waals surface area (Å²) in [7, 11) is 3.34. The van der Waals surface area contributed by atoms with E-state index in [1.54, 1.807) is 66.4 Å². The predicted octanol–water partition coefficient (Wildman–Crippen LogP) is 3.92. The van der Waals surface area contributed by atoms with E-state index in [1.165, 1.54) is 0 Å². The predicted molar refractivity (Wildman–Crippen MR) is 123 cm³/mol. The van der Waals surface area contributed by atoms with Gasteiger partial charge in [0, 0.05) is 31.8 Å². The van der Waals surface area contributed by atoms with Crippen LogP contribution in [0.2, 0.25) is 0 Å². The lowest BCUT2D eigenvalue weighted by Gasteiger charge is -2.19. The Kier molecular flexibility index (Phi) is 5.08. The van der Waals surface area contributed by atoms with Crippen molar-refractivity contribution in [3.05, 3.63) is 53.9 Å². The van der Waals surface area contributed by atoms with Gasteiger partial charge in [-0.05, 0) is 43.7 Å². The van der Waals surface area contributed by atoms with Crippen molar-refractivity contribution in [3.63, 3.8) is 0 Å². The van der Waals surface area contributed by atoms with Gasteiger partial charge in [0.1, 0.15) is 11.4 Å². The lowest BCUT2D eigenvalue weighted by molar-refractivity contribution is -0.117. The molecule has 33 heavy (non-hydrogen) atoms. The second-order valence-electron chi connectivity index (χ2n) is 7.93. The van der Waals surface area contributed by atoms with Crippen LogP contribution in [0.15, 0.2) is 47.1 Å². The van der Waals surface area contributed by atoms with E-state index in [9.17, 15) is 9.59 Å². The average molecular weight is 445 g/mol. The maximum Gasteiger partial charge on any atom is 0.256 e. The number of aryl methyl sites for hydroxylation is 2. The second-order valence-corrected chi connectivity index (χ2v) is 7.93. The fraction of sp³-hybridized carbons (Fsp3) is 0.250. The summed E-state index contributed by atoms with van der Waals surface area (Å²) in [5.41, 5.74) is 3.53. The number of hydrogen-bond acceptors (Lipinski definition) is 6. The first-order valence-corrected chi connectivity index (χ1v) is 10.6. The molecule has 1 aliphatic heterocycles. The summed E-state index contributed by atoms with van der Waals surface area (Å²) >= 11 is 0. The molecule has 0 bridgehead atoms. The number of hydrogen-bond donors (Lipinski definition) is 1. The highest BCUT2D eigenvalue weighted by molar-refractivity contribution is 6.13. The number of aromatic nitrogens is 3. The number of fused-ring (bicyclic) bond motifs is 1. The minimum Gasteiger partial charge on any atom is -0.494 e. The molecule has 9 nitrogen and oxygen atoms in total. The number of methoxy groups -OCH3 is 1. The van der Waals surface area contributed by atoms with E-state index in [0.717, 1.165) is 6.42 Å². The molecule has 9 heteroatoms. The second kappa shape index (κ2) is 8.09. The Hall–Kier alpha value is -4.14. The molecule has 1 aliphatic rings. The largest absolute Gasteiger partial charge is 0.494 e. The number of amides is 2. The van der Waals surface area contributed by atoms with Crippen LogP contribution in [0.5, 0.6) is 5.75 Å². The van der Waals surface area contributed by atoms with Gasteiger partial charge in [0.2, 0.25) is 5.91 Å². The van der Waals surface area contributed by atoms with Crippen LogP contribution < -0.4 is 15.0 Å². The lowest BCUT2D eigenvalue weighted by Crippen LogP contribution is -2.24. The van der Waals surface area contributed by atoms with Gasteiger partial charge in [0.05, 0.1) is 35.7 Å². The molecule has 0 saturated carbocycles. The Morgan fingerprint density at radius 3 is 2.79 bits per heavy atom. The van der Waals surface area contributed by atoms with Crippen LogP contribution in [-0.2, 0) is 11.8 Å². The molecular weight excluding hydrogens is 422 g/mol. The van der Waals surface area contributed by atoms with E-state index >= 15 is 0 Å². The van der Waals surface area contributed by atoms with Gasteiger partial charge in [-0.2, -0.15) is 5.10 Å². The van der Waals surface area contributed by atoms with Crippen LogP contribution in [0, 0.1) is 6.92 Å². The van der Waals surface area contributed by atoms with Crippen molar-refractivity contribution in [3.8, 4) is 17.2 Å². The highest BCUT2D eigenvalue weighted by atomic mass is 16.5. The average Bonchev–Trinajstić information content (AvgIpc) is 3.55. The smallest absolute Gasteiger partial charge is 0.256 e. The van der Waals surface area contributed by atoms with Crippen molar-refractivity contribution in [2.45, 2.75) is 19.8 Å². The van der Waals surface area contributed by atoms with Gasteiger partial charge in [-0.25, -0.2) is 4.98 Å². The van der Waals surface area contributed by atoms with Crippen LogP contribution in [0.4, 0.5) is 11.4 Å². The van der Waals surface area contributed by atoms with E-state index in [-0.39, 0.29) is 11.8 Å². The molecule has 0 unspecified atom stereocenters. The van der Waals surface area contributed by atoms with Crippen LogP contribution in [0.1, 0.15) is 28.9 Å². The lowest BCUT2D eigenvalue weighted by atomic mass is 10.1. The fourth-order valence-electron chi connectivity index (χ4n) is 4.25. The Bertz CT molecular complexity index is 1370. The summed E-state index contributed by atoms with van der Waals surface area (Å²) in [5, 5.41) is 8.06. The number of anilines is 2. The third-order valence-electron chi connectivity index (χ3n) is 5.79. The number of pyridine rings is 1. The third kappa shape index (κ3) is 3.61. The van der Waals surface area contributed by atoms with Crippen LogP contribution in [-0.4, -0.2) is 40.2 Å². The summed E-state index contributed by atoms with van der Waals surface area (Å²) in [5.74, 6) is 0.850. The zero-order valence-electron chi connectivity index (χ0n) is 18.6. The van der Waals surface area contributed by atoms with Crippen molar-refractivity contribution in [1.29, 1.82) is 0 Å². The first kappa shape index (κ1) is 20.7. The van der Waals surface area contributed by atoms with Crippen molar-refractivity contribution in [2.75, 3.05) is 23.9 Å². The summed E-state index contributed by atoms with van der Waals surface area (Å²) in [6.07, 6.45) is 2.91. The van der Waals surface area contributed by atoms with Gasteiger partial charge >= 0.3 is 0 Å². The molecule has 1 aromatic carbocycles. The Labute approximate surface area is 190 Å². The molecule has 0 aliphatic carbocycles. The number of carbonyl (C=O) groups is 2. The van der Waals surface area contributed by atoms with Gasteiger partial charge in [-0.3, -0.25) is 14.3 Å². The monoisotopic (exact) mass is 445 g/mol. The summed E-state index contributed by atoms with van der Waals surface area (Å²) in [4.78, 5) is 31.9. The Balaban J connectivity index is 1.52. The van der Waals surface area contributed by atoms with Crippen LogP contribution in [0.3, 0.4) is 0 Å². The number of carbonyl (C=O) groups excluding carboxylic acids is 2. The summed E-state index contributed by atoms with van der Waals surface area (Å²) < 4.78 is 12.7. The third-order valence-corrected chi connectivity index (χ3v) is 5.79. The normalized spacial score (nSPS) is 13.7. The fourth-order valence-corrected chi connectivity index (χ4v) is 4.25. The van der Waals surface area contributed by atoms with Crippen molar-refractivity contribution in [1.82, 2.24) is 14.8 Å². The van der Waals surface area contributed by atoms with Gasteiger partial charge in [-0.15, -0.1) is 0 Å². The van der Waals surface area contributed by atoms with E-state index in [1.807, 2.05) is 6.92 Å². The molecule has 1 N–H and O–H groups in total. The molecule has 1 saturated heterocycles. The van der Waals surface area contributed by atoms with E-state index in [4.69, 9.17) is 9.15 Å². The first-order chi connectivity index (χ1) is 16.0. The molecule has 3 aromatic heterocycles. The molecule has 0 radical (unpaired) electrons. The Morgan fingerprint density at radius 2 is 2.09 bits per heavy atom. The van der Waals surface area contributed by atoms with Crippen molar-refractivity contribution in [2.24, 2.45) is 7.05 Å². The van der Waals surface area contributed by atoms with Crippen LogP contribution >= 0.6 is 0 Å².